The highest BCUT2D eigenvalue weighted by Gasteiger charge is 1.83. The molecule has 0 rings (SSSR count). The molecule has 2 N–H and O–H groups in total. The van der Waals surface area contributed by atoms with E-state index in [0.717, 1.165) is 19.6 Å². The number of aliphatic hydroxyl groups excluding tert-OH is 1. The highest BCUT2D eigenvalue weighted by Crippen LogP contribution is 2.03. The summed E-state index contributed by atoms with van der Waals surface area (Å²) in [6.07, 6.45) is 15.9. The molecular formula is C14H26O3. The quantitative estimate of drug-likeness (QED) is 0.375. The van der Waals surface area contributed by atoms with E-state index in [1.165, 1.54) is 38.5 Å². The number of carboxylic acids is 1. The van der Waals surface area contributed by atoms with Crippen LogP contribution in [-0.4, -0.2) is 16.2 Å². The van der Waals surface area contributed by atoms with Gasteiger partial charge in [0, 0.05) is 6.92 Å². The van der Waals surface area contributed by atoms with Gasteiger partial charge in [-0.05, 0) is 32.1 Å². The molecule has 100 valence electrons. The summed E-state index contributed by atoms with van der Waals surface area (Å²) in [7, 11) is 0. The smallest absolute Gasteiger partial charge is 0.300 e. The standard InChI is InChI=1S/C12H22O.C2H4O2/c1-2-3-4-5-6-7-8-9-10-11-12-13;1-2(3)4/h5-6,11-13H,2-4,7-10H2,1H3;1H3,(H,3,4)/b6-5-,12-11-;. The second kappa shape index (κ2) is 17.2. The van der Waals surface area contributed by atoms with Crippen LogP contribution in [0.4, 0.5) is 0 Å². The van der Waals surface area contributed by atoms with E-state index in [1.807, 2.05) is 0 Å². The van der Waals surface area contributed by atoms with Gasteiger partial charge in [-0.25, -0.2) is 0 Å². The summed E-state index contributed by atoms with van der Waals surface area (Å²) in [4.78, 5) is 9.00. The first-order valence-electron chi connectivity index (χ1n) is 6.28. The number of hydrogen-bond acceptors (Lipinski definition) is 2. The molecule has 0 radical (unpaired) electrons. The van der Waals surface area contributed by atoms with Crippen LogP contribution in [0.15, 0.2) is 24.5 Å². The van der Waals surface area contributed by atoms with Crippen molar-refractivity contribution < 1.29 is 15.0 Å². The van der Waals surface area contributed by atoms with Gasteiger partial charge in [-0.15, -0.1) is 0 Å². The summed E-state index contributed by atoms with van der Waals surface area (Å²) in [6.45, 7) is 3.30. The fraction of sp³-hybridized carbons (Fsp3) is 0.643. The zero-order valence-corrected chi connectivity index (χ0v) is 11.1. The first-order valence-corrected chi connectivity index (χ1v) is 6.28. The molecule has 3 heteroatoms. The molecular weight excluding hydrogens is 216 g/mol. The van der Waals surface area contributed by atoms with Crippen molar-refractivity contribution in [1.82, 2.24) is 0 Å². The molecule has 0 unspecified atom stereocenters. The van der Waals surface area contributed by atoms with Crippen LogP contribution in [0.2, 0.25) is 0 Å². The zero-order valence-electron chi connectivity index (χ0n) is 11.1. The van der Waals surface area contributed by atoms with Crippen molar-refractivity contribution in [2.24, 2.45) is 0 Å². The Morgan fingerprint density at radius 3 is 1.82 bits per heavy atom. The first kappa shape index (κ1) is 18.1. The second-order valence-electron chi connectivity index (χ2n) is 3.80. The number of hydrogen-bond donors (Lipinski definition) is 2. The summed E-state index contributed by atoms with van der Waals surface area (Å²) in [5.74, 6) is -0.833. The van der Waals surface area contributed by atoms with Crippen molar-refractivity contribution in [3.63, 3.8) is 0 Å². The topological polar surface area (TPSA) is 57.5 Å². The summed E-state index contributed by atoms with van der Waals surface area (Å²) in [5, 5.41) is 15.8. The van der Waals surface area contributed by atoms with Crippen LogP contribution in [0.25, 0.3) is 0 Å². The van der Waals surface area contributed by atoms with E-state index in [9.17, 15) is 0 Å². The third kappa shape index (κ3) is 31.3. The minimum absolute atomic E-state index is 0.833. The number of rotatable bonds is 8. The van der Waals surface area contributed by atoms with Gasteiger partial charge in [0.15, 0.2) is 0 Å². The maximum Gasteiger partial charge on any atom is 0.300 e. The number of aliphatic carboxylic acids is 1. The lowest BCUT2D eigenvalue weighted by atomic mass is 10.1. The average Bonchev–Trinajstić information content (AvgIpc) is 2.26. The monoisotopic (exact) mass is 242 g/mol. The third-order valence-corrected chi connectivity index (χ3v) is 1.99. The maximum atomic E-state index is 9.00. The van der Waals surface area contributed by atoms with Crippen molar-refractivity contribution in [1.29, 1.82) is 0 Å². The van der Waals surface area contributed by atoms with Gasteiger partial charge >= 0.3 is 0 Å². The molecule has 0 aromatic rings. The van der Waals surface area contributed by atoms with E-state index < -0.39 is 5.97 Å². The maximum absolute atomic E-state index is 9.00. The summed E-state index contributed by atoms with van der Waals surface area (Å²) in [6, 6.07) is 0. The fourth-order valence-electron chi connectivity index (χ4n) is 1.16. The number of unbranched alkanes of at least 4 members (excludes halogenated alkanes) is 5. The molecule has 0 aromatic carbocycles. The Kier molecular flexibility index (Phi) is 18.3. The van der Waals surface area contributed by atoms with Gasteiger partial charge in [0.1, 0.15) is 0 Å². The molecule has 3 nitrogen and oxygen atoms in total. The van der Waals surface area contributed by atoms with Gasteiger partial charge in [0.2, 0.25) is 0 Å². The lowest BCUT2D eigenvalue weighted by Crippen LogP contribution is -1.78. The molecule has 0 bridgehead atoms. The zero-order chi connectivity index (χ0) is 13.4. The molecule has 17 heavy (non-hydrogen) atoms. The molecule has 0 fully saturated rings. The van der Waals surface area contributed by atoms with Gasteiger partial charge in [0.25, 0.3) is 5.97 Å². The van der Waals surface area contributed by atoms with E-state index >= 15 is 0 Å². The van der Waals surface area contributed by atoms with Crippen LogP contribution in [0, 0.1) is 0 Å². The Morgan fingerprint density at radius 1 is 1.00 bits per heavy atom. The number of carboxylic acid groups (broad SMARTS) is 1. The van der Waals surface area contributed by atoms with Crippen LogP contribution in [-0.2, 0) is 4.79 Å². The van der Waals surface area contributed by atoms with Crippen LogP contribution in [0.3, 0.4) is 0 Å². The van der Waals surface area contributed by atoms with Gasteiger partial charge in [-0.2, -0.15) is 0 Å². The molecule has 0 saturated carbocycles. The minimum Gasteiger partial charge on any atom is -0.516 e. The molecule has 0 aliphatic carbocycles. The van der Waals surface area contributed by atoms with Crippen molar-refractivity contribution in [3.05, 3.63) is 24.5 Å². The third-order valence-electron chi connectivity index (χ3n) is 1.99. The van der Waals surface area contributed by atoms with Gasteiger partial charge in [-0.3, -0.25) is 4.79 Å². The average molecular weight is 242 g/mol. The molecule has 0 atom stereocenters. The van der Waals surface area contributed by atoms with Crippen molar-refractivity contribution in [2.75, 3.05) is 0 Å². The predicted octanol–water partition coefficient (Wildman–Crippen LogP) is 4.46. The van der Waals surface area contributed by atoms with E-state index in [4.69, 9.17) is 15.0 Å². The van der Waals surface area contributed by atoms with Crippen LogP contribution in [0.5, 0.6) is 0 Å². The Morgan fingerprint density at radius 2 is 1.41 bits per heavy atom. The first-order chi connectivity index (χ1) is 8.15. The lowest BCUT2D eigenvalue weighted by molar-refractivity contribution is -0.134. The van der Waals surface area contributed by atoms with Gasteiger partial charge in [-0.1, -0.05) is 38.0 Å². The molecule has 0 amide bonds. The molecule has 0 aliphatic rings. The fourth-order valence-corrected chi connectivity index (χ4v) is 1.16. The second-order valence-corrected chi connectivity index (χ2v) is 3.80. The minimum atomic E-state index is -0.833. The van der Waals surface area contributed by atoms with Gasteiger partial charge in [0.05, 0.1) is 6.26 Å². The molecule has 0 spiro atoms. The molecule has 0 aliphatic heterocycles. The van der Waals surface area contributed by atoms with E-state index in [2.05, 4.69) is 19.1 Å². The van der Waals surface area contributed by atoms with Crippen LogP contribution >= 0.6 is 0 Å². The molecule has 0 aromatic heterocycles. The summed E-state index contributed by atoms with van der Waals surface area (Å²) >= 11 is 0. The van der Waals surface area contributed by atoms with Crippen LogP contribution in [0.1, 0.15) is 58.8 Å². The highest BCUT2D eigenvalue weighted by molar-refractivity contribution is 5.62. The van der Waals surface area contributed by atoms with Crippen LogP contribution < -0.4 is 0 Å². The van der Waals surface area contributed by atoms with E-state index in [1.54, 1.807) is 6.08 Å². The Bertz CT molecular complexity index is 204. The summed E-state index contributed by atoms with van der Waals surface area (Å²) in [5.41, 5.74) is 0. The Labute approximate surface area is 105 Å². The van der Waals surface area contributed by atoms with E-state index in [-0.39, 0.29) is 0 Å². The van der Waals surface area contributed by atoms with Gasteiger partial charge < -0.3 is 10.2 Å². The van der Waals surface area contributed by atoms with Crippen molar-refractivity contribution in [3.8, 4) is 0 Å². The largest absolute Gasteiger partial charge is 0.516 e. The van der Waals surface area contributed by atoms with Crippen molar-refractivity contribution in [2.45, 2.75) is 58.8 Å². The van der Waals surface area contributed by atoms with Crippen molar-refractivity contribution >= 4 is 5.97 Å². The number of carbonyl (C=O) groups is 1. The number of aliphatic hydroxyl groups is 1. The molecule has 0 saturated heterocycles. The SMILES string of the molecule is CC(=O)O.CCCC/C=C\CCCC/C=C\O. The van der Waals surface area contributed by atoms with E-state index in [0.29, 0.717) is 0 Å². The summed E-state index contributed by atoms with van der Waals surface area (Å²) < 4.78 is 0. The normalized spacial score (nSPS) is 10.5. The highest BCUT2D eigenvalue weighted by atomic mass is 16.4. The molecule has 0 heterocycles. The predicted molar refractivity (Wildman–Crippen MR) is 72.2 cm³/mol. The number of allylic oxidation sites excluding steroid dienone is 3. The Hall–Kier alpha value is -1.25. The lowest BCUT2D eigenvalue weighted by Gasteiger charge is -1.92. The Balaban J connectivity index is 0.